The Bertz CT molecular complexity index is 249. The first kappa shape index (κ1) is 12.5. The van der Waals surface area contributed by atoms with Gasteiger partial charge in [0.2, 0.25) is 0 Å². The highest BCUT2D eigenvalue weighted by Gasteiger charge is 2.40. The first-order valence-corrected chi connectivity index (χ1v) is 8.79. The lowest BCUT2D eigenvalue weighted by Gasteiger charge is -2.33. The molecule has 0 heterocycles. The molecule has 2 bridgehead atoms. The lowest BCUT2D eigenvalue weighted by atomic mass is 9.88. The van der Waals surface area contributed by atoms with Crippen LogP contribution in [0.5, 0.6) is 0 Å². The van der Waals surface area contributed by atoms with Crippen LogP contribution in [-0.2, 0) is 0 Å². The summed E-state index contributed by atoms with van der Waals surface area (Å²) in [5, 5.41) is 1.16. The van der Waals surface area contributed by atoms with Crippen LogP contribution in [0.4, 0.5) is 0 Å². The smallest absolute Gasteiger partial charge is 0.0159 e. The Morgan fingerprint density at radius 2 is 1.82 bits per heavy atom. The summed E-state index contributed by atoms with van der Waals surface area (Å²) >= 11 is 3.65. The van der Waals surface area contributed by atoms with Crippen molar-refractivity contribution in [3.05, 3.63) is 0 Å². The monoisotopic (exact) mass is 299 g/mol. The Hall–Kier alpha value is 0.440. The summed E-state index contributed by atoms with van der Waals surface area (Å²) in [4.78, 5) is 2.83. The van der Waals surface area contributed by atoms with Crippen molar-refractivity contribution in [1.29, 1.82) is 0 Å². The molecule has 3 atom stereocenters. The molecule has 3 unspecified atom stereocenters. The van der Waals surface area contributed by atoms with Gasteiger partial charge in [0, 0.05) is 24.5 Å². The van der Waals surface area contributed by atoms with E-state index in [1.165, 1.54) is 38.8 Å². The predicted molar refractivity (Wildman–Crippen MR) is 76.6 cm³/mol. The highest BCUT2D eigenvalue weighted by atomic mass is 79.9. The summed E-state index contributed by atoms with van der Waals surface area (Å²) in [5.74, 6) is 3.26. The average molecular weight is 300 g/mol. The maximum atomic E-state index is 3.65. The average Bonchev–Trinajstić information content (AvgIpc) is 3.06. The van der Waals surface area contributed by atoms with Crippen LogP contribution in [-0.4, -0.2) is 29.4 Å². The van der Waals surface area contributed by atoms with Crippen LogP contribution in [0.1, 0.15) is 51.4 Å². The fraction of sp³-hybridized carbons (Fsp3) is 1.00. The van der Waals surface area contributed by atoms with Gasteiger partial charge in [-0.3, -0.25) is 4.90 Å². The second kappa shape index (κ2) is 5.61. The zero-order valence-corrected chi connectivity index (χ0v) is 12.5. The summed E-state index contributed by atoms with van der Waals surface area (Å²) < 4.78 is 0. The van der Waals surface area contributed by atoms with Gasteiger partial charge in [0.15, 0.2) is 0 Å². The van der Waals surface area contributed by atoms with Crippen molar-refractivity contribution in [1.82, 2.24) is 4.90 Å². The summed E-state index contributed by atoms with van der Waals surface area (Å²) in [6.07, 6.45) is 12.1. The molecule has 0 spiro atoms. The topological polar surface area (TPSA) is 3.24 Å². The lowest BCUT2D eigenvalue weighted by Crippen LogP contribution is -2.39. The number of fused-ring (bicyclic) bond motifs is 2. The zero-order valence-electron chi connectivity index (χ0n) is 10.9. The molecule has 98 valence electrons. The quantitative estimate of drug-likeness (QED) is 0.692. The number of hydrogen-bond donors (Lipinski definition) is 0. The minimum Gasteiger partial charge on any atom is -0.299 e. The molecule has 0 saturated heterocycles. The zero-order chi connectivity index (χ0) is 11.7. The van der Waals surface area contributed by atoms with E-state index in [0.29, 0.717) is 0 Å². The summed E-state index contributed by atoms with van der Waals surface area (Å²) in [7, 11) is 0. The molecule has 17 heavy (non-hydrogen) atoms. The van der Waals surface area contributed by atoms with E-state index in [1.54, 1.807) is 25.7 Å². The third kappa shape index (κ3) is 2.73. The third-order valence-electron chi connectivity index (χ3n) is 5.57. The van der Waals surface area contributed by atoms with Gasteiger partial charge in [-0.05, 0) is 49.9 Å². The molecular weight excluding hydrogens is 274 g/mol. The second-order valence-corrected chi connectivity index (χ2v) is 7.35. The SMILES string of the molecule is BrCCN(CC1CC2CCC1C2)C1CCCC1. The fourth-order valence-electron chi connectivity index (χ4n) is 4.70. The van der Waals surface area contributed by atoms with Gasteiger partial charge in [-0.25, -0.2) is 0 Å². The Balaban J connectivity index is 1.56. The van der Waals surface area contributed by atoms with Crippen molar-refractivity contribution in [3.63, 3.8) is 0 Å². The molecule has 0 aromatic rings. The van der Waals surface area contributed by atoms with Crippen molar-refractivity contribution in [3.8, 4) is 0 Å². The maximum Gasteiger partial charge on any atom is 0.0159 e. The summed E-state index contributed by atoms with van der Waals surface area (Å²) in [5.41, 5.74) is 0. The highest BCUT2D eigenvalue weighted by Crippen LogP contribution is 2.48. The van der Waals surface area contributed by atoms with Crippen molar-refractivity contribution < 1.29 is 0 Å². The molecule has 0 N–H and O–H groups in total. The molecule has 0 aromatic carbocycles. The van der Waals surface area contributed by atoms with Crippen LogP contribution in [0, 0.1) is 17.8 Å². The van der Waals surface area contributed by atoms with Crippen LogP contribution >= 0.6 is 15.9 Å². The van der Waals surface area contributed by atoms with E-state index in [9.17, 15) is 0 Å². The molecule has 2 heteroatoms. The standard InChI is InChI=1S/C15H26BrN/c16-7-8-17(15-3-1-2-4-15)11-14-10-12-5-6-13(14)9-12/h12-15H,1-11H2. The van der Waals surface area contributed by atoms with Crippen molar-refractivity contribution in [2.45, 2.75) is 57.4 Å². The first-order valence-electron chi connectivity index (χ1n) is 7.67. The van der Waals surface area contributed by atoms with Gasteiger partial charge in [0.05, 0.1) is 0 Å². The molecule has 3 aliphatic rings. The van der Waals surface area contributed by atoms with Gasteiger partial charge in [-0.1, -0.05) is 35.2 Å². The van der Waals surface area contributed by atoms with E-state index in [1.807, 2.05) is 0 Å². The van der Waals surface area contributed by atoms with Crippen LogP contribution in [0.2, 0.25) is 0 Å². The summed E-state index contributed by atoms with van der Waals surface area (Å²) in [6.45, 7) is 2.69. The van der Waals surface area contributed by atoms with E-state index < -0.39 is 0 Å². The number of rotatable bonds is 5. The van der Waals surface area contributed by atoms with Gasteiger partial charge in [0.25, 0.3) is 0 Å². The normalized spacial score (nSPS) is 37.4. The molecule has 0 amide bonds. The third-order valence-corrected chi connectivity index (χ3v) is 5.92. The van der Waals surface area contributed by atoms with Gasteiger partial charge >= 0.3 is 0 Å². The van der Waals surface area contributed by atoms with Gasteiger partial charge in [-0.2, -0.15) is 0 Å². The molecule has 3 aliphatic carbocycles. The minimum absolute atomic E-state index is 0.923. The molecule has 3 saturated carbocycles. The van der Waals surface area contributed by atoms with E-state index in [2.05, 4.69) is 20.8 Å². The molecular formula is C15H26BrN. The van der Waals surface area contributed by atoms with Gasteiger partial charge in [-0.15, -0.1) is 0 Å². The Labute approximate surface area is 114 Å². The Kier molecular flexibility index (Phi) is 4.11. The largest absolute Gasteiger partial charge is 0.299 e. The van der Waals surface area contributed by atoms with E-state index in [-0.39, 0.29) is 0 Å². The van der Waals surface area contributed by atoms with E-state index >= 15 is 0 Å². The predicted octanol–water partition coefficient (Wildman–Crippen LogP) is 4.06. The molecule has 3 rings (SSSR count). The van der Waals surface area contributed by atoms with Crippen LogP contribution < -0.4 is 0 Å². The molecule has 1 nitrogen and oxygen atoms in total. The Morgan fingerprint density at radius 3 is 2.41 bits per heavy atom. The number of nitrogens with zero attached hydrogens (tertiary/aromatic N) is 1. The molecule has 0 aromatic heterocycles. The van der Waals surface area contributed by atoms with Crippen LogP contribution in [0.25, 0.3) is 0 Å². The maximum absolute atomic E-state index is 3.65. The Morgan fingerprint density at radius 1 is 1.00 bits per heavy atom. The van der Waals surface area contributed by atoms with Gasteiger partial charge < -0.3 is 0 Å². The van der Waals surface area contributed by atoms with Crippen molar-refractivity contribution in [2.75, 3.05) is 18.4 Å². The van der Waals surface area contributed by atoms with E-state index in [4.69, 9.17) is 0 Å². The highest BCUT2D eigenvalue weighted by molar-refractivity contribution is 9.09. The second-order valence-electron chi connectivity index (χ2n) is 6.56. The summed E-state index contributed by atoms with van der Waals surface area (Å²) in [6, 6.07) is 0.923. The lowest BCUT2D eigenvalue weighted by molar-refractivity contribution is 0.151. The number of halogens is 1. The van der Waals surface area contributed by atoms with Crippen molar-refractivity contribution >= 4 is 15.9 Å². The van der Waals surface area contributed by atoms with Gasteiger partial charge in [0.1, 0.15) is 0 Å². The number of alkyl halides is 1. The van der Waals surface area contributed by atoms with E-state index in [0.717, 1.165) is 29.1 Å². The molecule has 0 radical (unpaired) electrons. The fourth-order valence-corrected chi connectivity index (χ4v) is 5.16. The molecule has 0 aliphatic heterocycles. The van der Waals surface area contributed by atoms with Crippen molar-refractivity contribution in [2.24, 2.45) is 17.8 Å². The van der Waals surface area contributed by atoms with Crippen LogP contribution in [0.3, 0.4) is 0 Å². The number of hydrogen-bond acceptors (Lipinski definition) is 1. The minimum atomic E-state index is 0.923. The van der Waals surface area contributed by atoms with Crippen LogP contribution in [0.15, 0.2) is 0 Å². The molecule has 3 fully saturated rings. The first-order chi connectivity index (χ1) is 8.36.